The molecule has 0 fully saturated rings. The first kappa shape index (κ1) is 13.7. The van der Waals surface area contributed by atoms with Gasteiger partial charge >= 0.3 is 0 Å². The summed E-state index contributed by atoms with van der Waals surface area (Å²) in [6.45, 7) is 3.18. The summed E-state index contributed by atoms with van der Waals surface area (Å²) in [6.07, 6.45) is 6.14. The Morgan fingerprint density at radius 3 is 1.94 bits per heavy atom. The molecule has 0 unspecified atom stereocenters. The van der Waals surface area contributed by atoms with Crippen molar-refractivity contribution >= 4 is 7.85 Å². The highest BCUT2D eigenvalue weighted by Gasteiger charge is 2.13. The molecular formula is C10H14BN5. The summed E-state index contributed by atoms with van der Waals surface area (Å²) < 4.78 is 4.16. The molecule has 0 amide bonds. The van der Waals surface area contributed by atoms with E-state index in [1.54, 1.807) is 18.2 Å². The minimum absolute atomic E-state index is 0.500. The average molecular weight is 215 g/mol. The molecule has 0 radical (unpaired) electrons. The first-order valence-corrected chi connectivity index (χ1v) is 4.26. The van der Waals surface area contributed by atoms with Gasteiger partial charge in [0.05, 0.1) is 37.1 Å². The predicted molar refractivity (Wildman–Crippen MR) is 60.8 cm³/mol. The molecule has 1 aromatic rings. The van der Waals surface area contributed by atoms with Gasteiger partial charge in [0.15, 0.2) is 0 Å². The number of rotatable bonds is 1. The molecule has 1 aromatic heterocycles. The van der Waals surface area contributed by atoms with Gasteiger partial charge in [-0.05, 0) is 6.92 Å². The third-order valence-electron chi connectivity index (χ3n) is 1.52. The van der Waals surface area contributed by atoms with Crippen LogP contribution in [0, 0.1) is 34.0 Å². The van der Waals surface area contributed by atoms with Gasteiger partial charge in [-0.2, -0.15) is 15.8 Å². The lowest BCUT2D eigenvalue weighted by Crippen LogP contribution is -2.23. The molecule has 0 aliphatic carbocycles. The second kappa shape index (κ2) is 6.27. The van der Waals surface area contributed by atoms with Crippen LogP contribution in [0.4, 0.5) is 0 Å². The van der Waals surface area contributed by atoms with Gasteiger partial charge in [0, 0.05) is 7.85 Å². The minimum Gasteiger partial charge on any atom is -0.240 e. The van der Waals surface area contributed by atoms with Gasteiger partial charge < -0.3 is 0 Å². The summed E-state index contributed by atoms with van der Waals surface area (Å²) in [5.74, 6) is 0. The maximum atomic E-state index is 8.15. The molecule has 0 aromatic carbocycles. The number of aryl methyl sites for hydroxylation is 2. The van der Waals surface area contributed by atoms with E-state index in [0.29, 0.717) is 0 Å². The van der Waals surface area contributed by atoms with E-state index in [1.807, 2.05) is 17.8 Å². The van der Waals surface area contributed by atoms with E-state index in [0.717, 1.165) is 6.54 Å². The molecule has 16 heavy (non-hydrogen) atoms. The molecule has 0 saturated heterocycles. The van der Waals surface area contributed by atoms with Crippen molar-refractivity contribution in [3.8, 4) is 18.2 Å². The Morgan fingerprint density at radius 2 is 1.81 bits per heavy atom. The number of hydrogen-bond acceptors (Lipinski definition) is 3. The number of nitriles is 3. The Labute approximate surface area is 96.2 Å². The SMILES string of the molecule is CCn1cc[n+](C)c1.[BH3-]C(C#N)(C#N)C#N. The molecule has 1 rings (SSSR count). The van der Waals surface area contributed by atoms with E-state index in [-0.39, 0.29) is 0 Å². The van der Waals surface area contributed by atoms with E-state index in [2.05, 4.69) is 24.0 Å². The smallest absolute Gasteiger partial charge is 0.240 e. The molecule has 0 aliphatic heterocycles. The van der Waals surface area contributed by atoms with Crippen molar-refractivity contribution < 1.29 is 4.57 Å². The average Bonchev–Trinajstić information content (AvgIpc) is 2.75. The molecular weight excluding hydrogens is 201 g/mol. The third kappa shape index (κ3) is 4.31. The summed E-state index contributed by atoms with van der Waals surface area (Å²) in [4.78, 5) is 0. The van der Waals surface area contributed by atoms with Gasteiger partial charge in [-0.15, -0.1) is 0 Å². The normalized spacial score (nSPS) is 9.00. The number of aromatic nitrogens is 2. The van der Waals surface area contributed by atoms with Crippen molar-refractivity contribution in [3.63, 3.8) is 0 Å². The molecule has 0 atom stereocenters. The molecule has 1 heterocycles. The maximum absolute atomic E-state index is 8.15. The van der Waals surface area contributed by atoms with Crippen LogP contribution in [0.2, 0.25) is 5.31 Å². The first-order chi connectivity index (χ1) is 7.51. The van der Waals surface area contributed by atoms with Crippen LogP contribution in [-0.2, 0) is 13.6 Å². The fourth-order valence-electron chi connectivity index (χ4n) is 0.764. The Bertz CT molecular complexity index is 421. The van der Waals surface area contributed by atoms with Crippen molar-refractivity contribution in [2.75, 3.05) is 0 Å². The lowest BCUT2D eigenvalue weighted by Gasteiger charge is -2.00. The maximum Gasteiger partial charge on any atom is 0.243 e. The highest BCUT2D eigenvalue weighted by Crippen LogP contribution is 2.14. The number of imidazole rings is 1. The predicted octanol–water partition coefficient (Wildman–Crippen LogP) is -0.586. The highest BCUT2D eigenvalue weighted by atomic mass is 15.1. The van der Waals surface area contributed by atoms with Crippen molar-refractivity contribution in [2.45, 2.75) is 18.8 Å². The summed E-state index contributed by atoms with van der Waals surface area (Å²) in [7, 11) is 1.52. The van der Waals surface area contributed by atoms with E-state index < -0.39 is 13.2 Å². The molecule has 5 nitrogen and oxygen atoms in total. The second-order valence-corrected chi connectivity index (χ2v) is 2.62. The fourth-order valence-corrected chi connectivity index (χ4v) is 0.764. The molecule has 0 saturated carbocycles. The van der Waals surface area contributed by atoms with Gasteiger partial charge in [0.1, 0.15) is 12.4 Å². The van der Waals surface area contributed by atoms with Gasteiger partial charge in [0.25, 0.3) is 0 Å². The van der Waals surface area contributed by atoms with Crippen LogP contribution in [0.5, 0.6) is 0 Å². The van der Waals surface area contributed by atoms with E-state index in [9.17, 15) is 0 Å². The van der Waals surface area contributed by atoms with Gasteiger partial charge in [-0.25, -0.2) is 9.13 Å². The summed E-state index contributed by atoms with van der Waals surface area (Å²) in [6, 6.07) is 5.00. The van der Waals surface area contributed by atoms with Crippen LogP contribution >= 0.6 is 0 Å². The monoisotopic (exact) mass is 215 g/mol. The molecule has 0 N–H and O–H groups in total. The zero-order valence-electron chi connectivity index (χ0n) is 8.68. The van der Waals surface area contributed by atoms with Crippen LogP contribution in [0.25, 0.3) is 0 Å². The Kier molecular flexibility index (Phi) is 5.39. The zero-order chi connectivity index (χ0) is 12.6. The molecule has 0 aliphatic rings. The zero-order valence-corrected chi connectivity index (χ0v) is 8.68. The van der Waals surface area contributed by atoms with E-state index in [1.165, 1.54) is 0 Å². The Morgan fingerprint density at radius 1 is 1.31 bits per heavy atom. The molecule has 82 valence electrons. The quantitative estimate of drug-likeness (QED) is 0.464. The number of hydrogen-bond donors (Lipinski definition) is 0. The van der Waals surface area contributed by atoms with Crippen molar-refractivity contribution in [1.82, 2.24) is 4.57 Å². The van der Waals surface area contributed by atoms with Crippen LogP contribution in [0.3, 0.4) is 0 Å². The fraction of sp³-hybridized carbons (Fsp3) is 0.400. The largest absolute Gasteiger partial charge is 0.243 e. The third-order valence-corrected chi connectivity index (χ3v) is 1.52. The molecule has 0 bridgehead atoms. The Balaban J connectivity index is 0.000000281. The Hall–Kier alpha value is -2.26. The topological polar surface area (TPSA) is 80.2 Å². The summed E-state index contributed by atoms with van der Waals surface area (Å²) >= 11 is 0. The molecule has 6 heteroatoms. The van der Waals surface area contributed by atoms with Crippen LogP contribution in [0.15, 0.2) is 18.7 Å². The van der Waals surface area contributed by atoms with E-state index in [4.69, 9.17) is 15.8 Å². The summed E-state index contributed by atoms with van der Waals surface area (Å²) in [5.41, 5.74) is 0. The second-order valence-electron chi connectivity index (χ2n) is 2.62. The van der Waals surface area contributed by atoms with Crippen LogP contribution < -0.4 is 4.57 Å². The van der Waals surface area contributed by atoms with Crippen molar-refractivity contribution in [2.24, 2.45) is 7.05 Å². The lowest BCUT2D eigenvalue weighted by molar-refractivity contribution is -0.671. The van der Waals surface area contributed by atoms with Gasteiger partial charge in [-0.1, -0.05) is 0 Å². The number of nitrogens with zero attached hydrogens (tertiary/aromatic N) is 5. The van der Waals surface area contributed by atoms with Gasteiger partial charge in [0.2, 0.25) is 6.33 Å². The minimum atomic E-state index is -1.21. The lowest BCUT2D eigenvalue weighted by atomic mass is 9.73. The van der Waals surface area contributed by atoms with Crippen molar-refractivity contribution in [1.29, 1.82) is 15.8 Å². The highest BCUT2D eigenvalue weighted by molar-refractivity contribution is 6.21. The van der Waals surface area contributed by atoms with E-state index >= 15 is 0 Å². The van der Waals surface area contributed by atoms with Crippen molar-refractivity contribution in [3.05, 3.63) is 18.7 Å². The first-order valence-electron chi connectivity index (χ1n) is 4.26. The van der Waals surface area contributed by atoms with Crippen LogP contribution in [-0.4, -0.2) is 12.4 Å². The molecule has 0 spiro atoms. The van der Waals surface area contributed by atoms with Gasteiger partial charge in [-0.3, -0.25) is 0 Å². The summed E-state index contributed by atoms with van der Waals surface area (Å²) in [5, 5.41) is 23.3. The standard InChI is InChI=1S/C6H11N2.C4H3BN3/c1-3-8-5-4-7(2)6-8;5-4(1-6,2-7)3-8/h4-6H,3H2,1-2H3;5H3/q+1;-1. The van der Waals surface area contributed by atoms with Crippen LogP contribution in [0.1, 0.15) is 6.92 Å².